The van der Waals surface area contributed by atoms with Gasteiger partial charge in [0.2, 0.25) is 0 Å². The van der Waals surface area contributed by atoms with Gasteiger partial charge in [-0.1, -0.05) is 175 Å². The van der Waals surface area contributed by atoms with Gasteiger partial charge in [0.1, 0.15) is 0 Å². The lowest BCUT2D eigenvalue weighted by Gasteiger charge is -2.18. The van der Waals surface area contributed by atoms with Crippen LogP contribution in [0.2, 0.25) is 0 Å². The minimum absolute atomic E-state index is 0.500. The fraction of sp³-hybridized carbons (Fsp3) is 0.0167. The highest BCUT2D eigenvalue weighted by Gasteiger charge is 2.23. The van der Waals surface area contributed by atoms with Crippen LogP contribution in [0.5, 0.6) is 0 Å². The molecule has 0 atom stereocenters. The van der Waals surface area contributed by atoms with Crippen LogP contribution in [0.3, 0.4) is 0 Å². The molecule has 8 aromatic carbocycles. The molecule has 0 saturated heterocycles. The molecule has 0 spiro atoms. The van der Waals surface area contributed by atoms with Crippen molar-refractivity contribution < 1.29 is 0 Å². The van der Waals surface area contributed by atoms with E-state index in [0.717, 1.165) is 77.6 Å². The zero-order valence-electron chi connectivity index (χ0n) is 36.9. The molecule has 4 aromatic heterocycles. The predicted molar refractivity (Wildman–Crippen MR) is 274 cm³/mol. The Bertz CT molecular complexity index is 3670. The largest absolute Gasteiger partial charge is 0.309 e. The van der Waals surface area contributed by atoms with E-state index in [1.54, 1.807) is 0 Å². The number of pyridine rings is 1. The third-order valence-corrected chi connectivity index (χ3v) is 12.3. The number of aromatic nitrogens is 8. The summed E-state index contributed by atoms with van der Waals surface area (Å²) in [6.07, 6.45) is 3.69. The van der Waals surface area contributed by atoms with E-state index >= 15 is 0 Å². The summed E-state index contributed by atoms with van der Waals surface area (Å²) in [5, 5.41) is 2.30. The summed E-state index contributed by atoms with van der Waals surface area (Å²) in [7, 11) is 0. The number of fused-ring (bicyclic) bond motifs is 3. The van der Waals surface area contributed by atoms with Gasteiger partial charge in [0, 0.05) is 62.1 Å². The summed E-state index contributed by atoms with van der Waals surface area (Å²) in [5.41, 5.74) is 13.6. The minimum Gasteiger partial charge on any atom is -0.309 e. The Morgan fingerprint density at radius 3 is 1.32 bits per heavy atom. The van der Waals surface area contributed by atoms with Gasteiger partial charge in [-0.05, 0) is 66.1 Å². The highest BCUT2D eigenvalue weighted by molar-refractivity contribution is 6.11. The zero-order chi connectivity index (χ0) is 45.4. The fourth-order valence-electron chi connectivity index (χ4n) is 8.92. The lowest BCUT2D eigenvalue weighted by Crippen LogP contribution is -2.04. The van der Waals surface area contributed by atoms with E-state index in [1.807, 2.05) is 140 Å². The highest BCUT2D eigenvalue weighted by Crippen LogP contribution is 2.42. The first-order valence-corrected chi connectivity index (χ1v) is 22.5. The molecule has 0 aliphatic rings. The van der Waals surface area contributed by atoms with E-state index in [9.17, 15) is 0 Å². The maximum Gasteiger partial charge on any atom is 0.166 e. The molecule has 0 N–H and O–H groups in total. The van der Waals surface area contributed by atoms with Crippen molar-refractivity contribution in [2.75, 3.05) is 0 Å². The molecular weight excluding hydrogens is 833 g/mol. The lowest BCUT2D eigenvalue weighted by molar-refractivity contribution is 1.07. The molecule has 0 aliphatic heterocycles. The van der Waals surface area contributed by atoms with E-state index in [2.05, 4.69) is 96.4 Å². The molecule has 0 unspecified atom stereocenters. The summed E-state index contributed by atoms with van der Waals surface area (Å²) in [5.74, 6) is 3.35. The van der Waals surface area contributed by atoms with E-state index in [4.69, 9.17) is 34.9 Å². The van der Waals surface area contributed by atoms with Crippen LogP contribution in [-0.4, -0.2) is 39.5 Å². The molecule has 12 aromatic rings. The van der Waals surface area contributed by atoms with Crippen molar-refractivity contribution in [3.63, 3.8) is 0 Å². The number of nitrogens with zero attached hydrogens (tertiary/aromatic N) is 8. The topological polar surface area (TPSA) is 95.2 Å². The van der Waals surface area contributed by atoms with Gasteiger partial charge in [-0.3, -0.25) is 4.98 Å². The van der Waals surface area contributed by atoms with Crippen LogP contribution in [0.25, 0.3) is 118 Å². The van der Waals surface area contributed by atoms with Crippen molar-refractivity contribution in [1.29, 1.82) is 0 Å². The fourth-order valence-corrected chi connectivity index (χ4v) is 8.92. The Balaban J connectivity index is 1.13. The molecule has 8 nitrogen and oxygen atoms in total. The van der Waals surface area contributed by atoms with Crippen molar-refractivity contribution in [2.45, 2.75) is 6.92 Å². The smallest absolute Gasteiger partial charge is 0.166 e. The molecule has 0 fully saturated rings. The number of para-hydroxylation sites is 1. The lowest BCUT2D eigenvalue weighted by atomic mass is 9.96. The van der Waals surface area contributed by atoms with Gasteiger partial charge < -0.3 is 4.57 Å². The number of aryl methyl sites for hydroxylation is 1. The molecule has 4 heterocycles. The second kappa shape index (κ2) is 17.3. The Kier molecular flexibility index (Phi) is 10.2. The van der Waals surface area contributed by atoms with E-state index < -0.39 is 0 Å². The monoisotopic (exact) mass is 872 g/mol. The third kappa shape index (κ3) is 7.55. The second-order valence-corrected chi connectivity index (χ2v) is 16.7. The van der Waals surface area contributed by atoms with Gasteiger partial charge in [0.25, 0.3) is 0 Å². The van der Waals surface area contributed by atoms with Crippen molar-refractivity contribution >= 4 is 21.8 Å². The molecule has 0 aliphatic carbocycles. The van der Waals surface area contributed by atoms with Gasteiger partial charge in [0.15, 0.2) is 34.9 Å². The zero-order valence-corrected chi connectivity index (χ0v) is 36.9. The molecule has 68 heavy (non-hydrogen) atoms. The van der Waals surface area contributed by atoms with Crippen LogP contribution in [0.4, 0.5) is 0 Å². The average molecular weight is 873 g/mol. The summed E-state index contributed by atoms with van der Waals surface area (Å²) in [6, 6.07) is 72.8. The van der Waals surface area contributed by atoms with Crippen molar-refractivity contribution in [3.05, 3.63) is 230 Å². The quantitative estimate of drug-likeness (QED) is 0.143. The Morgan fingerprint density at radius 1 is 0.309 bits per heavy atom. The first-order valence-electron chi connectivity index (χ1n) is 22.5. The van der Waals surface area contributed by atoms with Crippen LogP contribution in [0.15, 0.2) is 225 Å². The average Bonchev–Trinajstić information content (AvgIpc) is 3.75. The van der Waals surface area contributed by atoms with Gasteiger partial charge in [-0.15, -0.1) is 0 Å². The molecule has 0 bridgehead atoms. The molecule has 0 saturated carbocycles. The van der Waals surface area contributed by atoms with Crippen LogP contribution in [0.1, 0.15) is 5.56 Å². The van der Waals surface area contributed by atoms with Crippen molar-refractivity contribution in [2.24, 2.45) is 0 Å². The molecule has 8 heteroatoms. The van der Waals surface area contributed by atoms with Gasteiger partial charge in [-0.25, -0.2) is 29.9 Å². The van der Waals surface area contributed by atoms with E-state index in [0.29, 0.717) is 34.9 Å². The number of benzene rings is 8. The maximum absolute atomic E-state index is 5.19. The summed E-state index contributed by atoms with van der Waals surface area (Å²) in [6.45, 7) is 2.12. The van der Waals surface area contributed by atoms with Crippen molar-refractivity contribution in [3.8, 4) is 96.3 Å². The summed E-state index contributed by atoms with van der Waals surface area (Å²) in [4.78, 5) is 35.4. The molecule has 320 valence electrons. The van der Waals surface area contributed by atoms with Crippen LogP contribution >= 0.6 is 0 Å². The SMILES string of the molecule is Cc1ccc(-c2ccc3c(c2)c2ccccc2n3-c2ccc(-c3nc(-c4ccccc4)nc(-c4ccccc4)n3)cc2-c2ccncc2-c2nc(-c3ccccc3)nc(-c3ccccc3)n2)cc1. The van der Waals surface area contributed by atoms with E-state index in [-0.39, 0.29) is 0 Å². The first-order chi connectivity index (χ1) is 33.6. The van der Waals surface area contributed by atoms with Crippen molar-refractivity contribution in [1.82, 2.24) is 39.5 Å². The molecule has 0 radical (unpaired) electrons. The third-order valence-electron chi connectivity index (χ3n) is 12.3. The molecule has 12 rings (SSSR count). The van der Waals surface area contributed by atoms with E-state index in [1.165, 1.54) is 11.1 Å². The Morgan fingerprint density at radius 2 is 0.765 bits per heavy atom. The van der Waals surface area contributed by atoms with Crippen LogP contribution < -0.4 is 0 Å². The summed E-state index contributed by atoms with van der Waals surface area (Å²) < 4.78 is 2.36. The second-order valence-electron chi connectivity index (χ2n) is 16.7. The Hall–Kier alpha value is -9.27. The van der Waals surface area contributed by atoms with Gasteiger partial charge in [0.05, 0.1) is 16.7 Å². The molecule has 0 amide bonds. The van der Waals surface area contributed by atoms with Gasteiger partial charge in [-0.2, -0.15) is 0 Å². The Labute approximate surface area is 393 Å². The van der Waals surface area contributed by atoms with Crippen LogP contribution in [0, 0.1) is 6.92 Å². The maximum atomic E-state index is 5.19. The summed E-state index contributed by atoms with van der Waals surface area (Å²) >= 11 is 0. The highest BCUT2D eigenvalue weighted by atomic mass is 15.0. The number of rotatable bonds is 9. The molecular formula is C60H40N8. The standard InChI is InChI=1S/C60H40N8/c1-39-26-28-40(29-27-39)45-30-32-54-50(36-45)48-24-14-15-25-52(48)68(54)53-33-31-46(59-64-55(41-16-6-2-7-17-41)62-56(65-59)42-18-8-3-9-19-42)37-49(53)47-34-35-61-38-51(47)60-66-57(43-20-10-4-11-21-43)63-58(67-60)44-22-12-5-13-23-44/h2-38H,1H3. The minimum atomic E-state index is 0.500. The number of hydrogen-bond acceptors (Lipinski definition) is 7. The predicted octanol–water partition coefficient (Wildman–Crippen LogP) is 14.2. The normalized spacial score (nSPS) is 11.3. The number of hydrogen-bond donors (Lipinski definition) is 0. The van der Waals surface area contributed by atoms with Crippen LogP contribution in [-0.2, 0) is 0 Å². The van der Waals surface area contributed by atoms with Gasteiger partial charge >= 0.3 is 0 Å². The first kappa shape index (κ1) is 40.3.